The van der Waals surface area contributed by atoms with E-state index < -0.39 is 5.91 Å². The number of nitrogens with two attached hydrogens (primary N) is 1. The number of carbonyl (C=O) groups is 1. The van der Waals surface area contributed by atoms with Crippen LogP contribution in [-0.4, -0.2) is 28.4 Å². The average Bonchev–Trinajstić information content (AvgIpc) is 2.96. The van der Waals surface area contributed by atoms with Crippen molar-refractivity contribution >= 4 is 16.8 Å². The molecular formula is C13H15N3O2. The topological polar surface area (TPSA) is 70.1 Å². The molecule has 1 aliphatic rings. The van der Waals surface area contributed by atoms with Crippen LogP contribution in [0.1, 0.15) is 23.2 Å². The van der Waals surface area contributed by atoms with Crippen LogP contribution < -0.4 is 5.73 Å². The van der Waals surface area contributed by atoms with Crippen LogP contribution in [0.3, 0.4) is 0 Å². The summed E-state index contributed by atoms with van der Waals surface area (Å²) >= 11 is 0. The smallest absolute Gasteiger partial charge is 0.248 e. The first-order valence-electron chi connectivity index (χ1n) is 6.11. The third kappa shape index (κ3) is 2.09. The number of benzene rings is 1. The summed E-state index contributed by atoms with van der Waals surface area (Å²) in [5.74, 6) is -0.413. The Labute approximate surface area is 105 Å². The van der Waals surface area contributed by atoms with Gasteiger partial charge in [0.15, 0.2) is 0 Å². The van der Waals surface area contributed by atoms with E-state index in [2.05, 4.69) is 5.10 Å². The maximum Gasteiger partial charge on any atom is 0.248 e. The molecule has 1 aliphatic heterocycles. The van der Waals surface area contributed by atoms with Crippen molar-refractivity contribution in [3.63, 3.8) is 0 Å². The summed E-state index contributed by atoms with van der Waals surface area (Å²) < 4.78 is 7.46. The predicted molar refractivity (Wildman–Crippen MR) is 67.2 cm³/mol. The zero-order valence-electron chi connectivity index (χ0n) is 10.0. The number of nitrogens with zero attached hydrogens (tertiary/aromatic N) is 2. The highest BCUT2D eigenvalue weighted by Crippen LogP contribution is 2.17. The fourth-order valence-corrected chi connectivity index (χ4v) is 2.32. The van der Waals surface area contributed by atoms with Crippen molar-refractivity contribution in [3.8, 4) is 0 Å². The molecule has 94 valence electrons. The Balaban J connectivity index is 1.87. The number of ether oxygens (including phenoxy) is 1. The Bertz CT molecular complexity index is 585. The number of aromatic nitrogens is 2. The Morgan fingerprint density at radius 3 is 3.17 bits per heavy atom. The molecule has 5 nitrogen and oxygen atoms in total. The first-order chi connectivity index (χ1) is 8.72. The van der Waals surface area contributed by atoms with Crippen molar-refractivity contribution in [2.24, 2.45) is 5.73 Å². The van der Waals surface area contributed by atoms with Crippen LogP contribution in [0.5, 0.6) is 0 Å². The number of hydrogen-bond acceptors (Lipinski definition) is 3. The van der Waals surface area contributed by atoms with Crippen LogP contribution in [0.25, 0.3) is 10.9 Å². The molecule has 1 atom stereocenters. The Kier molecular flexibility index (Phi) is 2.76. The molecule has 3 rings (SSSR count). The molecule has 5 heteroatoms. The molecule has 0 spiro atoms. The van der Waals surface area contributed by atoms with E-state index in [0.29, 0.717) is 5.56 Å². The summed E-state index contributed by atoms with van der Waals surface area (Å²) in [5.41, 5.74) is 6.64. The lowest BCUT2D eigenvalue weighted by molar-refractivity contribution is 0.0941. The van der Waals surface area contributed by atoms with Crippen LogP contribution >= 0.6 is 0 Å². The lowest BCUT2D eigenvalue weighted by Crippen LogP contribution is -2.15. The van der Waals surface area contributed by atoms with E-state index in [1.54, 1.807) is 12.1 Å². The molecule has 2 heterocycles. The van der Waals surface area contributed by atoms with Gasteiger partial charge in [0.25, 0.3) is 0 Å². The number of hydrogen-bond donors (Lipinski definition) is 1. The molecule has 0 saturated carbocycles. The van der Waals surface area contributed by atoms with Gasteiger partial charge in [0, 0.05) is 23.8 Å². The molecule has 2 aromatic rings. The Morgan fingerprint density at radius 2 is 2.44 bits per heavy atom. The second-order valence-electron chi connectivity index (χ2n) is 4.62. The minimum absolute atomic E-state index is 0.259. The standard InChI is InChI=1S/C13H15N3O2/c14-13(17)9-3-4-12-10(6-9)7-16(15-12)8-11-2-1-5-18-11/h3-4,6-7,11H,1-2,5,8H2,(H2,14,17). The van der Waals surface area contributed by atoms with E-state index in [0.717, 1.165) is 36.9 Å². The van der Waals surface area contributed by atoms with Gasteiger partial charge in [-0.2, -0.15) is 5.10 Å². The fraction of sp³-hybridized carbons (Fsp3) is 0.385. The molecule has 0 radical (unpaired) electrons. The van der Waals surface area contributed by atoms with Crippen LogP contribution in [-0.2, 0) is 11.3 Å². The zero-order chi connectivity index (χ0) is 12.5. The van der Waals surface area contributed by atoms with Crippen molar-refractivity contribution in [2.75, 3.05) is 6.61 Å². The van der Waals surface area contributed by atoms with Crippen LogP contribution in [0.15, 0.2) is 24.4 Å². The van der Waals surface area contributed by atoms with Gasteiger partial charge in [-0.1, -0.05) is 0 Å². The first-order valence-corrected chi connectivity index (χ1v) is 6.11. The molecular weight excluding hydrogens is 230 g/mol. The summed E-state index contributed by atoms with van der Waals surface area (Å²) in [6.07, 6.45) is 4.40. The SMILES string of the molecule is NC(=O)c1ccc2nn(CC3CCCO3)cc2c1. The van der Waals surface area contributed by atoms with E-state index in [9.17, 15) is 4.79 Å². The summed E-state index contributed by atoms with van der Waals surface area (Å²) in [7, 11) is 0. The molecule has 2 N–H and O–H groups in total. The van der Waals surface area contributed by atoms with Gasteiger partial charge in [0.1, 0.15) is 0 Å². The van der Waals surface area contributed by atoms with Crippen LogP contribution in [0.2, 0.25) is 0 Å². The van der Waals surface area contributed by atoms with Crippen molar-refractivity contribution in [2.45, 2.75) is 25.5 Å². The molecule has 1 fully saturated rings. The second kappa shape index (κ2) is 4.42. The average molecular weight is 245 g/mol. The van der Waals surface area contributed by atoms with E-state index in [-0.39, 0.29) is 6.10 Å². The van der Waals surface area contributed by atoms with Gasteiger partial charge < -0.3 is 10.5 Å². The van der Waals surface area contributed by atoms with Gasteiger partial charge in [-0.15, -0.1) is 0 Å². The van der Waals surface area contributed by atoms with Gasteiger partial charge >= 0.3 is 0 Å². The third-order valence-electron chi connectivity index (χ3n) is 3.25. The van der Waals surface area contributed by atoms with E-state index in [1.807, 2.05) is 16.9 Å². The van der Waals surface area contributed by atoms with Crippen molar-refractivity contribution in [1.82, 2.24) is 9.78 Å². The van der Waals surface area contributed by atoms with Gasteiger partial charge in [-0.3, -0.25) is 9.48 Å². The highest BCUT2D eigenvalue weighted by molar-refractivity contribution is 5.96. The molecule has 0 aliphatic carbocycles. The monoisotopic (exact) mass is 245 g/mol. The van der Waals surface area contributed by atoms with Crippen molar-refractivity contribution in [1.29, 1.82) is 0 Å². The van der Waals surface area contributed by atoms with Crippen molar-refractivity contribution < 1.29 is 9.53 Å². The normalized spacial score (nSPS) is 19.4. The van der Waals surface area contributed by atoms with Gasteiger partial charge in [-0.25, -0.2) is 0 Å². The number of fused-ring (bicyclic) bond motifs is 1. The minimum atomic E-state index is -0.413. The lowest BCUT2D eigenvalue weighted by atomic mass is 10.1. The zero-order valence-corrected chi connectivity index (χ0v) is 10.0. The number of carbonyl (C=O) groups excluding carboxylic acids is 1. The van der Waals surface area contributed by atoms with Crippen molar-refractivity contribution in [3.05, 3.63) is 30.0 Å². The first kappa shape index (κ1) is 11.2. The number of rotatable bonds is 3. The van der Waals surface area contributed by atoms with Crippen LogP contribution in [0.4, 0.5) is 0 Å². The van der Waals surface area contributed by atoms with E-state index in [1.165, 1.54) is 0 Å². The van der Waals surface area contributed by atoms with E-state index >= 15 is 0 Å². The van der Waals surface area contributed by atoms with Gasteiger partial charge in [0.05, 0.1) is 18.2 Å². The Morgan fingerprint density at radius 1 is 1.56 bits per heavy atom. The summed E-state index contributed by atoms with van der Waals surface area (Å²) in [5, 5.41) is 5.40. The number of amides is 1. The summed E-state index contributed by atoms with van der Waals surface area (Å²) in [6, 6.07) is 5.30. The summed E-state index contributed by atoms with van der Waals surface area (Å²) in [6.45, 7) is 1.61. The molecule has 1 amide bonds. The highest BCUT2D eigenvalue weighted by Gasteiger charge is 2.16. The fourth-order valence-electron chi connectivity index (χ4n) is 2.32. The quantitative estimate of drug-likeness (QED) is 0.886. The molecule has 1 saturated heterocycles. The van der Waals surface area contributed by atoms with Gasteiger partial charge in [0.2, 0.25) is 5.91 Å². The maximum atomic E-state index is 11.1. The van der Waals surface area contributed by atoms with Gasteiger partial charge in [-0.05, 0) is 31.0 Å². The molecule has 1 aromatic carbocycles. The number of primary amides is 1. The van der Waals surface area contributed by atoms with E-state index in [4.69, 9.17) is 10.5 Å². The Hall–Kier alpha value is -1.88. The lowest BCUT2D eigenvalue weighted by Gasteiger charge is -2.08. The predicted octanol–water partition coefficient (Wildman–Crippen LogP) is 1.31. The molecule has 18 heavy (non-hydrogen) atoms. The molecule has 1 aromatic heterocycles. The third-order valence-corrected chi connectivity index (χ3v) is 3.25. The minimum Gasteiger partial charge on any atom is -0.376 e. The highest BCUT2D eigenvalue weighted by atomic mass is 16.5. The molecule has 1 unspecified atom stereocenters. The van der Waals surface area contributed by atoms with Crippen LogP contribution in [0, 0.1) is 0 Å². The molecule has 0 bridgehead atoms. The summed E-state index contributed by atoms with van der Waals surface area (Å²) in [4.78, 5) is 11.1. The maximum absolute atomic E-state index is 11.1. The largest absolute Gasteiger partial charge is 0.376 e. The second-order valence-corrected chi connectivity index (χ2v) is 4.62.